The Labute approximate surface area is 136 Å². The molecule has 2 aliphatic carbocycles. The Balaban J connectivity index is 1.99. The van der Waals surface area contributed by atoms with E-state index in [0.717, 1.165) is 37.8 Å². The fourth-order valence-electron chi connectivity index (χ4n) is 4.70. The van der Waals surface area contributed by atoms with E-state index >= 15 is 0 Å². The Morgan fingerprint density at radius 3 is 2.87 bits per heavy atom. The molecule has 1 aliphatic heterocycles. The highest BCUT2D eigenvalue weighted by Crippen LogP contribution is 2.56. The molecule has 4 rings (SSSR count). The van der Waals surface area contributed by atoms with Gasteiger partial charge in [-0.05, 0) is 56.0 Å². The van der Waals surface area contributed by atoms with Gasteiger partial charge in [-0.25, -0.2) is 0 Å². The van der Waals surface area contributed by atoms with Crippen LogP contribution in [0, 0.1) is 0 Å². The van der Waals surface area contributed by atoms with Crippen LogP contribution in [-0.2, 0) is 16.6 Å². The summed E-state index contributed by atoms with van der Waals surface area (Å²) in [5.74, 6) is 1.02. The number of ether oxygens (including phenoxy) is 1. The van der Waals surface area contributed by atoms with Crippen LogP contribution in [0.15, 0.2) is 18.2 Å². The Hall–Kier alpha value is -1.81. The summed E-state index contributed by atoms with van der Waals surface area (Å²) in [7, 11) is 3.77. The molecule has 1 aromatic rings. The van der Waals surface area contributed by atoms with Crippen LogP contribution in [0.4, 0.5) is 0 Å². The standard InChI is InChI=1S/C19H23NO3/c1-20-10-6-12-11-15(23-2)18(22)17-16(12)14(20)5-9-19(17)7-3-13(21)4-8-19/h3,7,11,14,22H,4-6,8-10H2,1-2H3/t14-,19-/m0/s1. The van der Waals surface area contributed by atoms with Crippen molar-refractivity contribution >= 4 is 5.78 Å². The van der Waals surface area contributed by atoms with Crippen molar-refractivity contribution in [3.05, 3.63) is 34.9 Å². The van der Waals surface area contributed by atoms with Crippen LogP contribution in [0.5, 0.6) is 11.5 Å². The zero-order chi connectivity index (χ0) is 16.2. The predicted molar refractivity (Wildman–Crippen MR) is 88.0 cm³/mol. The minimum Gasteiger partial charge on any atom is -0.504 e. The number of phenols is 1. The highest BCUT2D eigenvalue weighted by atomic mass is 16.5. The summed E-state index contributed by atoms with van der Waals surface area (Å²) in [5.41, 5.74) is 3.37. The van der Waals surface area contributed by atoms with E-state index in [-0.39, 0.29) is 16.9 Å². The maximum Gasteiger partial charge on any atom is 0.162 e. The van der Waals surface area contributed by atoms with Gasteiger partial charge in [0.05, 0.1) is 7.11 Å². The molecule has 0 amide bonds. The summed E-state index contributed by atoms with van der Waals surface area (Å²) < 4.78 is 5.44. The number of benzene rings is 1. The number of methoxy groups -OCH3 is 1. The number of hydrogen-bond acceptors (Lipinski definition) is 4. The van der Waals surface area contributed by atoms with Crippen LogP contribution in [0.1, 0.15) is 48.4 Å². The molecule has 23 heavy (non-hydrogen) atoms. The number of likely N-dealkylation sites (N-methyl/N-ethyl adjacent to an activating group) is 1. The fraction of sp³-hybridized carbons (Fsp3) is 0.526. The van der Waals surface area contributed by atoms with Gasteiger partial charge in [0.2, 0.25) is 0 Å². The third-order valence-electron chi connectivity index (χ3n) is 5.98. The number of rotatable bonds is 1. The van der Waals surface area contributed by atoms with Crippen molar-refractivity contribution in [1.82, 2.24) is 4.90 Å². The Morgan fingerprint density at radius 1 is 1.35 bits per heavy atom. The van der Waals surface area contributed by atoms with Crippen LogP contribution in [-0.4, -0.2) is 36.5 Å². The second-order valence-corrected chi connectivity index (χ2v) is 7.12. The molecule has 0 saturated carbocycles. The Kier molecular flexibility index (Phi) is 3.27. The van der Waals surface area contributed by atoms with Crippen molar-refractivity contribution in [1.29, 1.82) is 0 Å². The van der Waals surface area contributed by atoms with Crippen LogP contribution in [0.25, 0.3) is 0 Å². The van der Waals surface area contributed by atoms with E-state index in [0.29, 0.717) is 18.2 Å². The van der Waals surface area contributed by atoms with Crippen molar-refractivity contribution in [2.24, 2.45) is 0 Å². The van der Waals surface area contributed by atoms with Gasteiger partial charge in [-0.3, -0.25) is 9.69 Å². The zero-order valence-corrected chi connectivity index (χ0v) is 13.8. The Morgan fingerprint density at radius 2 is 2.17 bits per heavy atom. The van der Waals surface area contributed by atoms with Crippen molar-refractivity contribution in [2.75, 3.05) is 20.7 Å². The quantitative estimate of drug-likeness (QED) is 0.866. The number of fused-ring (bicyclic) bond motifs is 1. The molecule has 0 saturated heterocycles. The summed E-state index contributed by atoms with van der Waals surface area (Å²) in [6, 6.07) is 2.37. The molecule has 0 fully saturated rings. The van der Waals surface area contributed by atoms with Crippen molar-refractivity contribution in [3.8, 4) is 11.5 Å². The number of hydrogen-bond donors (Lipinski definition) is 1. The van der Waals surface area contributed by atoms with Gasteiger partial charge in [0, 0.05) is 30.0 Å². The summed E-state index contributed by atoms with van der Waals surface area (Å²) in [4.78, 5) is 14.1. The Bertz CT molecular complexity index is 709. The van der Waals surface area contributed by atoms with E-state index in [1.54, 1.807) is 13.2 Å². The maximum atomic E-state index is 11.7. The lowest BCUT2D eigenvalue weighted by molar-refractivity contribution is -0.115. The number of carbonyl (C=O) groups excluding carboxylic acids is 1. The van der Waals surface area contributed by atoms with Gasteiger partial charge in [-0.1, -0.05) is 6.08 Å². The molecule has 1 spiro atoms. The summed E-state index contributed by atoms with van der Waals surface area (Å²) in [5, 5.41) is 10.9. The SMILES string of the molecule is COc1cc2c3c(c1O)[C@]1(C=CC(=O)CC1)CC[C@@H]3N(C)CC2. The van der Waals surface area contributed by atoms with Gasteiger partial charge in [0.25, 0.3) is 0 Å². The second kappa shape index (κ2) is 5.10. The minimum absolute atomic E-state index is 0.186. The molecule has 2 atom stereocenters. The molecule has 0 unspecified atom stereocenters. The molecule has 4 heteroatoms. The average Bonchev–Trinajstić information content (AvgIpc) is 2.56. The van der Waals surface area contributed by atoms with Gasteiger partial charge < -0.3 is 9.84 Å². The van der Waals surface area contributed by atoms with Crippen molar-refractivity contribution in [2.45, 2.75) is 43.6 Å². The normalized spacial score (nSPS) is 29.7. The topological polar surface area (TPSA) is 49.8 Å². The summed E-state index contributed by atoms with van der Waals surface area (Å²) in [6.07, 6.45) is 8.11. The van der Waals surface area contributed by atoms with E-state index in [9.17, 15) is 9.90 Å². The number of aromatic hydroxyl groups is 1. The lowest BCUT2D eigenvalue weighted by atomic mass is 9.62. The molecule has 0 bridgehead atoms. The van der Waals surface area contributed by atoms with E-state index < -0.39 is 0 Å². The first-order valence-corrected chi connectivity index (χ1v) is 8.41. The largest absolute Gasteiger partial charge is 0.504 e. The van der Waals surface area contributed by atoms with E-state index in [4.69, 9.17) is 4.74 Å². The third kappa shape index (κ3) is 2.04. The number of carbonyl (C=O) groups is 1. The van der Waals surface area contributed by atoms with Gasteiger partial charge in [0.15, 0.2) is 17.3 Å². The monoisotopic (exact) mass is 313 g/mol. The second-order valence-electron chi connectivity index (χ2n) is 7.12. The lowest BCUT2D eigenvalue weighted by Crippen LogP contribution is -2.41. The summed E-state index contributed by atoms with van der Waals surface area (Å²) in [6.45, 7) is 1.03. The van der Waals surface area contributed by atoms with Gasteiger partial charge in [0.1, 0.15) is 0 Å². The number of allylic oxidation sites excluding steroid dienone is 2. The molecule has 1 heterocycles. The number of ketones is 1. The van der Waals surface area contributed by atoms with Crippen LogP contribution in [0.2, 0.25) is 0 Å². The van der Waals surface area contributed by atoms with Crippen LogP contribution < -0.4 is 4.74 Å². The first-order chi connectivity index (χ1) is 11.1. The molecule has 0 radical (unpaired) electrons. The molecule has 1 N–H and O–H groups in total. The van der Waals surface area contributed by atoms with E-state index in [1.165, 1.54) is 11.1 Å². The molecular weight excluding hydrogens is 290 g/mol. The third-order valence-corrected chi connectivity index (χ3v) is 5.98. The van der Waals surface area contributed by atoms with Crippen molar-refractivity contribution < 1.29 is 14.6 Å². The van der Waals surface area contributed by atoms with Gasteiger partial charge >= 0.3 is 0 Å². The van der Waals surface area contributed by atoms with Crippen LogP contribution in [0.3, 0.4) is 0 Å². The van der Waals surface area contributed by atoms with Crippen LogP contribution >= 0.6 is 0 Å². The minimum atomic E-state index is -0.217. The predicted octanol–water partition coefficient (Wildman–Crippen LogP) is 2.88. The molecule has 122 valence electrons. The van der Waals surface area contributed by atoms with Gasteiger partial charge in [-0.15, -0.1) is 0 Å². The zero-order valence-electron chi connectivity index (χ0n) is 13.8. The molecule has 1 aromatic carbocycles. The fourth-order valence-corrected chi connectivity index (χ4v) is 4.70. The molecule has 0 aromatic heterocycles. The summed E-state index contributed by atoms with van der Waals surface area (Å²) >= 11 is 0. The van der Waals surface area contributed by atoms with Crippen molar-refractivity contribution in [3.63, 3.8) is 0 Å². The van der Waals surface area contributed by atoms with E-state index in [2.05, 4.69) is 11.9 Å². The smallest absolute Gasteiger partial charge is 0.162 e. The number of nitrogens with zero attached hydrogens (tertiary/aromatic N) is 1. The highest BCUT2D eigenvalue weighted by Gasteiger charge is 2.45. The molecule has 4 nitrogen and oxygen atoms in total. The maximum absolute atomic E-state index is 11.7. The number of phenolic OH excluding ortho intramolecular Hbond substituents is 1. The lowest BCUT2D eigenvalue weighted by Gasteiger charge is -2.47. The molecule has 3 aliphatic rings. The van der Waals surface area contributed by atoms with Gasteiger partial charge in [-0.2, -0.15) is 0 Å². The average molecular weight is 313 g/mol. The first kappa shape index (κ1) is 14.8. The van der Waals surface area contributed by atoms with E-state index in [1.807, 2.05) is 12.1 Å². The highest BCUT2D eigenvalue weighted by molar-refractivity contribution is 5.91. The first-order valence-electron chi connectivity index (χ1n) is 8.41. The molecular formula is C19H23NO3.